The molecule has 0 radical (unpaired) electrons. The molecule has 1 atom stereocenters. The van der Waals surface area contributed by atoms with Crippen molar-refractivity contribution in [2.24, 2.45) is 0 Å². The maximum Gasteiger partial charge on any atom is 0.252 e. The van der Waals surface area contributed by atoms with Crippen LogP contribution in [-0.2, 0) is 4.43 Å². The fourth-order valence-corrected chi connectivity index (χ4v) is 5.37. The van der Waals surface area contributed by atoms with Crippen LogP contribution < -0.4 is 10.4 Å². The van der Waals surface area contributed by atoms with Gasteiger partial charge in [-0.15, -0.1) is 0 Å². The van der Waals surface area contributed by atoms with Crippen molar-refractivity contribution in [3.8, 4) is 0 Å². The van der Waals surface area contributed by atoms with Crippen molar-refractivity contribution in [3.63, 3.8) is 0 Å². The topological polar surface area (TPSA) is 12.5 Å². The number of rotatable bonds is 7. The van der Waals surface area contributed by atoms with Gasteiger partial charge in [0.1, 0.15) is 5.82 Å². The van der Waals surface area contributed by atoms with Gasteiger partial charge in [0.15, 0.2) is 0 Å². The molecule has 0 aliphatic heterocycles. The Labute approximate surface area is 133 Å². The van der Waals surface area contributed by atoms with Crippen molar-refractivity contribution in [2.45, 2.75) is 13.0 Å². The first kappa shape index (κ1) is 16.9. The van der Waals surface area contributed by atoms with Gasteiger partial charge in [-0.1, -0.05) is 42.5 Å². The Hall–Kier alpha value is -1.49. The van der Waals surface area contributed by atoms with Crippen molar-refractivity contribution in [1.82, 2.24) is 4.90 Å². The van der Waals surface area contributed by atoms with Crippen molar-refractivity contribution in [2.75, 3.05) is 27.2 Å². The van der Waals surface area contributed by atoms with Gasteiger partial charge in [-0.05, 0) is 56.1 Å². The lowest BCUT2D eigenvalue weighted by molar-refractivity contribution is 0.282. The average Bonchev–Trinajstić information content (AvgIpc) is 2.52. The van der Waals surface area contributed by atoms with Crippen LogP contribution >= 0.6 is 0 Å². The Morgan fingerprint density at radius 1 is 0.955 bits per heavy atom. The van der Waals surface area contributed by atoms with E-state index in [2.05, 4.69) is 37.7 Å². The Morgan fingerprint density at radius 2 is 1.55 bits per heavy atom. The normalized spacial score (nSPS) is 14.0. The minimum absolute atomic E-state index is 0.208. The maximum absolute atomic E-state index is 13.2. The van der Waals surface area contributed by atoms with Crippen LogP contribution in [-0.4, -0.2) is 40.5 Å². The van der Waals surface area contributed by atoms with Crippen LogP contribution in [0.25, 0.3) is 0 Å². The highest BCUT2D eigenvalue weighted by Gasteiger charge is 2.33. The lowest BCUT2D eigenvalue weighted by Crippen LogP contribution is -2.58. The monoisotopic (exact) mass is 317 g/mol. The Morgan fingerprint density at radius 3 is 2.14 bits per heavy atom. The fraction of sp³-hybridized carbons (Fsp3) is 0.333. The van der Waals surface area contributed by atoms with E-state index in [-0.39, 0.29) is 5.82 Å². The molecule has 0 bridgehead atoms. The third-order valence-electron chi connectivity index (χ3n) is 3.86. The largest absolute Gasteiger partial charge is 0.408 e. The molecule has 0 saturated carbocycles. The average molecular weight is 317 g/mol. The van der Waals surface area contributed by atoms with Gasteiger partial charge in [-0.25, -0.2) is 4.39 Å². The summed E-state index contributed by atoms with van der Waals surface area (Å²) in [6.07, 6.45) is 0.990. The van der Waals surface area contributed by atoms with Crippen molar-refractivity contribution >= 4 is 18.7 Å². The smallest absolute Gasteiger partial charge is 0.252 e. The molecule has 2 nitrogen and oxygen atoms in total. The molecule has 2 aromatic carbocycles. The van der Waals surface area contributed by atoms with Crippen molar-refractivity contribution < 1.29 is 8.82 Å². The molecule has 0 heterocycles. The van der Waals surface area contributed by atoms with Crippen LogP contribution in [0.3, 0.4) is 0 Å². The minimum Gasteiger partial charge on any atom is -0.408 e. The molecule has 0 N–H and O–H groups in total. The van der Waals surface area contributed by atoms with Gasteiger partial charge < -0.3 is 9.33 Å². The standard InChI is InChI=1S/C18H24FNOSi/c1-20(2)14-7-15-21-22(3,17-8-5-4-6-9-17)18-12-10-16(19)11-13-18/h4-6,8-13H,7,14-15H2,1-3H3. The van der Waals surface area contributed by atoms with Gasteiger partial charge in [0.05, 0.1) is 0 Å². The van der Waals surface area contributed by atoms with E-state index < -0.39 is 8.32 Å². The zero-order valence-corrected chi connectivity index (χ0v) is 14.6. The molecular formula is C18H24FNOSi. The Bertz CT molecular complexity index is 573. The van der Waals surface area contributed by atoms with Gasteiger partial charge in [0.2, 0.25) is 0 Å². The zero-order chi connectivity index (χ0) is 16.0. The molecule has 0 spiro atoms. The van der Waals surface area contributed by atoms with Crippen LogP contribution in [0.15, 0.2) is 54.6 Å². The summed E-state index contributed by atoms with van der Waals surface area (Å²) in [6.45, 7) is 3.90. The number of hydrogen-bond acceptors (Lipinski definition) is 2. The van der Waals surface area contributed by atoms with Crippen molar-refractivity contribution in [1.29, 1.82) is 0 Å². The summed E-state index contributed by atoms with van der Waals surface area (Å²) in [5, 5.41) is 2.32. The second-order valence-corrected chi connectivity index (χ2v) is 9.42. The first-order valence-corrected chi connectivity index (χ1v) is 10.0. The molecule has 22 heavy (non-hydrogen) atoms. The molecule has 0 aliphatic carbocycles. The Balaban J connectivity index is 2.22. The van der Waals surface area contributed by atoms with E-state index in [1.54, 1.807) is 0 Å². The van der Waals surface area contributed by atoms with E-state index in [9.17, 15) is 4.39 Å². The molecule has 118 valence electrons. The summed E-state index contributed by atoms with van der Waals surface area (Å²) >= 11 is 0. The third kappa shape index (κ3) is 4.26. The van der Waals surface area contributed by atoms with Crippen LogP contribution in [0.5, 0.6) is 0 Å². The summed E-state index contributed by atoms with van der Waals surface area (Å²) in [4.78, 5) is 2.16. The molecule has 1 unspecified atom stereocenters. The quantitative estimate of drug-likeness (QED) is 0.575. The molecule has 0 fully saturated rings. The van der Waals surface area contributed by atoms with Crippen LogP contribution in [0.1, 0.15) is 6.42 Å². The molecule has 4 heteroatoms. The van der Waals surface area contributed by atoms with E-state index in [0.717, 1.165) is 18.2 Å². The third-order valence-corrected chi connectivity index (χ3v) is 7.51. The number of nitrogens with zero attached hydrogens (tertiary/aromatic N) is 1. The van der Waals surface area contributed by atoms with Gasteiger partial charge >= 0.3 is 0 Å². The van der Waals surface area contributed by atoms with Gasteiger partial charge in [0.25, 0.3) is 8.32 Å². The summed E-state index contributed by atoms with van der Waals surface area (Å²) in [6, 6.07) is 17.1. The second-order valence-electron chi connectivity index (χ2n) is 5.91. The van der Waals surface area contributed by atoms with E-state index >= 15 is 0 Å². The molecule has 2 aromatic rings. The molecule has 0 aromatic heterocycles. The van der Waals surface area contributed by atoms with Crippen LogP contribution in [0, 0.1) is 5.82 Å². The SMILES string of the molecule is CN(C)CCCO[Si](C)(c1ccccc1)c1ccc(F)cc1. The predicted molar refractivity (Wildman–Crippen MR) is 92.9 cm³/mol. The van der Waals surface area contributed by atoms with E-state index in [1.165, 1.54) is 17.3 Å². The number of benzene rings is 2. The van der Waals surface area contributed by atoms with E-state index in [0.29, 0.717) is 6.61 Å². The fourth-order valence-electron chi connectivity index (χ4n) is 2.51. The first-order chi connectivity index (χ1) is 10.5. The van der Waals surface area contributed by atoms with Crippen LogP contribution in [0.4, 0.5) is 4.39 Å². The minimum atomic E-state index is -2.28. The molecule has 0 amide bonds. The predicted octanol–water partition coefficient (Wildman–Crippen LogP) is 2.48. The molecule has 0 aliphatic rings. The first-order valence-electron chi connectivity index (χ1n) is 7.62. The van der Waals surface area contributed by atoms with Crippen LogP contribution in [0.2, 0.25) is 6.55 Å². The van der Waals surface area contributed by atoms with E-state index in [4.69, 9.17) is 4.43 Å². The van der Waals surface area contributed by atoms with Gasteiger partial charge in [-0.3, -0.25) is 0 Å². The second kappa shape index (κ2) is 7.67. The highest BCUT2D eigenvalue weighted by atomic mass is 28.4. The summed E-state index contributed by atoms with van der Waals surface area (Å²) < 4.78 is 19.6. The van der Waals surface area contributed by atoms with Gasteiger partial charge in [0, 0.05) is 6.61 Å². The number of halogens is 1. The highest BCUT2D eigenvalue weighted by Crippen LogP contribution is 2.09. The Kier molecular flexibility index (Phi) is 5.88. The summed E-state index contributed by atoms with van der Waals surface area (Å²) in [5.74, 6) is -0.208. The molecular weight excluding hydrogens is 293 g/mol. The molecule has 0 saturated heterocycles. The summed E-state index contributed by atoms with van der Waals surface area (Å²) in [5.41, 5.74) is 0. The lowest BCUT2D eigenvalue weighted by Gasteiger charge is -2.29. The molecule has 2 rings (SSSR count). The van der Waals surface area contributed by atoms with E-state index in [1.807, 2.05) is 30.3 Å². The maximum atomic E-state index is 13.2. The highest BCUT2D eigenvalue weighted by molar-refractivity contribution is 6.96. The van der Waals surface area contributed by atoms with Gasteiger partial charge in [-0.2, -0.15) is 0 Å². The summed E-state index contributed by atoms with van der Waals surface area (Å²) in [7, 11) is 1.84. The number of hydrogen-bond donors (Lipinski definition) is 0. The lowest BCUT2D eigenvalue weighted by atomic mass is 10.3. The van der Waals surface area contributed by atoms with Crippen molar-refractivity contribution in [3.05, 3.63) is 60.4 Å². The zero-order valence-electron chi connectivity index (χ0n) is 13.6.